The third-order valence-corrected chi connectivity index (χ3v) is 4.65. The summed E-state index contributed by atoms with van der Waals surface area (Å²) in [6, 6.07) is 0.464. The Balaban J connectivity index is 1.90. The number of hydrogen-bond acceptors (Lipinski definition) is 3. The highest BCUT2D eigenvalue weighted by Crippen LogP contribution is 2.24. The monoisotopic (exact) mass is 229 g/mol. The van der Waals surface area contributed by atoms with Gasteiger partial charge in [-0.3, -0.25) is 4.90 Å². The van der Waals surface area contributed by atoms with Crippen LogP contribution in [-0.2, 0) is 0 Å². The normalized spacial score (nSPS) is 35.8. The third-order valence-electron chi connectivity index (χ3n) is 3.71. The molecule has 1 heterocycles. The van der Waals surface area contributed by atoms with Gasteiger partial charge in [0, 0.05) is 30.6 Å². The van der Waals surface area contributed by atoms with E-state index in [2.05, 4.69) is 4.90 Å². The van der Waals surface area contributed by atoms with Crippen molar-refractivity contribution in [1.82, 2.24) is 4.90 Å². The van der Waals surface area contributed by atoms with Gasteiger partial charge < -0.3 is 5.11 Å². The summed E-state index contributed by atoms with van der Waals surface area (Å²) in [5.41, 5.74) is 0. The van der Waals surface area contributed by atoms with Crippen LogP contribution >= 0.6 is 11.8 Å². The first-order valence-corrected chi connectivity index (χ1v) is 7.53. The Labute approximate surface area is 97.4 Å². The molecule has 15 heavy (non-hydrogen) atoms. The predicted octanol–water partition coefficient (Wildman–Crippen LogP) is 2.12. The molecule has 1 N–H and O–H groups in total. The van der Waals surface area contributed by atoms with Crippen LogP contribution in [0.5, 0.6) is 0 Å². The topological polar surface area (TPSA) is 23.5 Å². The molecule has 0 amide bonds. The molecule has 0 bridgehead atoms. The van der Waals surface area contributed by atoms with Gasteiger partial charge in [0.25, 0.3) is 0 Å². The zero-order valence-electron chi connectivity index (χ0n) is 9.53. The summed E-state index contributed by atoms with van der Waals surface area (Å²) in [6.45, 7) is 2.37. The van der Waals surface area contributed by atoms with Crippen LogP contribution in [0.4, 0.5) is 0 Å². The molecule has 88 valence electrons. The van der Waals surface area contributed by atoms with Gasteiger partial charge in [-0.25, -0.2) is 0 Å². The maximum atomic E-state index is 10.2. The van der Waals surface area contributed by atoms with E-state index in [0.29, 0.717) is 6.04 Å². The van der Waals surface area contributed by atoms with Crippen molar-refractivity contribution < 1.29 is 5.11 Å². The fourth-order valence-corrected chi connectivity index (χ4v) is 3.71. The molecule has 2 fully saturated rings. The van der Waals surface area contributed by atoms with Crippen molar-refractivity contribution in [2.75, 3.05) is 24.6 Å². The molecule has 0 spiro atoms. The minimum Gasteiger partial charge on any atom is -0.391 e. The highest BCUT2D eigenvalue weighted by atomic mass is 32.2. The highest BCUT2D eigenvalue weighted by molar-refractivity contribution is 7.99. The molecule has 2 rings (SSSR count). The molecule has 2 nitrogen and oxygen atoms in total. The zero-order chi connectivity index (χ0) is 10.5. The van der Waals surface area contributed by atoms with Crippen LogP contribution < -0.4 is 0 Å². The van der Waals surface area contributed by atoms with E-state index >= 15 is 0 Å². The molecule has 2 aliphatic rings. The smallest absolute Gasteiger partial charge is 0.0695 e. The van der Waals surface area contributed by atoms with Crippen molar-refractivity contribution in [3.05, 3.63) is 0 Å². The van der Waals surface area contributed by atoms with Crippen molar-refractivity contribution >= 4 is 11.8 Å². The number of hydrogen-bond donors (Lipinski definition) is 1. The highest BCUT2D eigenvalue weighted by Gasteiger charge is 2.27. The van der Waals surface area contributed by atoms with Gasteiger partial charge in [-0.2, -0.15) is 11.8 Å². The quantitative estimate of drug-likeness (QED) is 0.745. The lowest BCUT2D eigenvalue weighted by molar-refractivity contribution is 0.0361. The average molecular weight is 229 g/mol. The number of nitrogens with zero attached hydrogens (tertiary/aromatic N) is 1. The van der Waals surface area contributed by atoms with Gasteiger partial charge in [0.2, 0.25) is 0 Å². The van der Waals surface area contributed by atoms with Gasteiger partial charge in [-0.05, 0) is 12.8 Å². The number of thioether (sulfide) groups is 1. The first-order chi connectivity index (χ1) is 7.38. The molecule has 0 aromatic heterocycles. The van der Waals surface area contributed by atoms with Crippen LogP contribution in [-0.4, -0.2) is 46.7 Å². The SMILES string of the molecule is OC1CCCCCCC1N1CCSCC1. The van der Waals surface area contributed by atoms with Crippen molar-refractivity contribution in [2.45, 2.75) is 50.7 Å². The van der Waals surface area contributed by atoms with Crippen LogP contribution in [0.3, 0.4) is 0 Å². The molecule has 0 aromatic rings. The largest absolute Gasteiger partial charge is 0.391 e. The second kappa shape index (κ2) is 6.12. The molecular weight excluding hydrogens is 206 g/mol. The summed E-state index contributed by atoms with van der Waals surface area (Å²) in [7, 11) is 0. The van der Waals surface area contributed by atoms with Crippen molar-refractivity contribution in [3.8, 4) is 0 Å². The van der Waals surface area contributed by atoms with E-state index in [4.69, 9.17) is 0 Å². The summed E-state index contributed by atoms with van der Waals surface area (Å²) in [5, 5.41) is 10.2. The fraction of sp³-hybridized carbons (Fsp3) is 1.00. The van der Waals surface area contributed by atoms with Crippen molar-refractivity contribution in [1.29, 1.82) is 0 Å². The van der Waals surface area contributed by atoms with E-state index in [1.54, 1.807) is 0 Å². The Morgan fingerprint density at radius 2 is 1.60 bits per heavy atom. The standard InChI is InChI=1S/C12H23NOS/c14-12-6-4-2-1-3-5-11(12)13-7-9-15-10-8-13/h11-12,14H,1-10H2. The Bertz CT molecular complexity index is 182. The molecule has 1 saturated heterocycles. The third kappa shape index (κ3) is 3.36. The zero-order valence-corrected chi connectivity index (χ0v) is 10.3. The number of aliphatic hydroxyl groups is 1. The molecule has 1 saturated carbocycles. The van der Waals surface area contributed by atoms with Crippen LogP contribution in [0, 0.1) is 0 Å². The van der Waals surface area contributed by atoms with Gasteiger partial charge in [-0.1, -0.05) is 25.7 Å². The Morgan fingerprint density at radius 3 is 2.33 bits per heavy atom. The van der Waals surface area contributed by atoms with Gasteiger partial charge >= 0.3 is 0 Å². The van der Waals surface area contributed by atoms with Crippen LogP contribution in [0.15, 0.2) is 0 Å². The van der Waals surface area contributed by atoms with Crippen molar-refractivity contribution in [3.63, 3.8) is 0 Å². The average Bonchev–Trinajstić information content (AvgIpc) is 2.25. The molecule has 0 aromatic carbocycles. The van der Waals surface area contributed by atoms with E-state index < -0.39 is 0 Å². The second-order valence-corrected chi connectivity index (χ2v) is 6.00. The maximum Gasteiger partial charge on any atom is 0.0695 e. The molecule has 1 aliphatic carbocycles. The van der Waals surface area contributed by atoms with E-state index in [1.165, 1.54) is 56.7 Å². The van der Waals surface area contributed by atoms with E-state index in [-0.39, 0.29) is 6.10 Å². The molecule has 1 aliphatic heterocycles. The predicted molar refractivity (Wildman–Crippen MR) is 66.4 cm³/mol. The summed E-state index contributed by atoms with van der Waals surface area (Å²) in [6.07, 6.45) is 7.39. The first-order valence-electron chi connectivity index (χ1n) is 6.38. The van der Waals surface area contributed by atoms with E-state index in [1.807, 2.05) is 11.8 Å². The van der Waals surface area contributed by atoms with E-state index in [0.717, 1.165) is 6.42 Å². The van der Waals surface area contributed by atoms with Gasteiger partial charge in [0.1, 0.15) is 0 Å². The minimum absolute atomic E-state index is 0.0617. The van der Waals surface area contributed by atoms with Crippen molar-refractivity contribution in [2.24, 2.45) is 0 Å². The molecule has 2 atom stereocenters. The minimum atomic E-state index is -0.0617. The molecule has 2 unspecified atom stereocenters. The first kappa shape index (κ1) is 11.7. The van der Waals surface area contributed by atoms with Crippen LogP contribution in [0.1, 0.15) is 38.5 Å². The molecule has 3 heteroatoms. The summed E-state index contributed by atoms with van der Waals surface area (Å²) in [5.74, 6) is 2.51. The van der Waals surface area contributed by atoms with Gasteiger partial charge in [0.15, 0.2) is 0 Å². The van der Waals surface area contributed by atoms with Crippen LogP contribution in [0.2, 0.25) is 0 Å². The lowest BCUT2D eigenvalue weighted by atomic mass is 9.93. The lowest BCUT2D eigenvalue weighted by Crippen LogP contribution is -2.47. The van der Waals surface area contributed by atoms with Gasteiger partial charge in [0.05, 0.1) is 6.10 Å². The molecule has 0 radical (unpaired) electrons. The Morgan fingerprint density at radius 1 is 0.933 bits per heavy atom. The maximum absolute atomic E-state index is 10.2. The summed E-state index contributed by atoms with van der Waals surface area (Å²) < 4.78 is 0. The van der Waals surface area contributed by atoms with Crippen LogP contribution in [0.25, 0.3) is 0 Å². The Hall–Kier alpha value is 0.270. The number of aliphatic hydroxyl groups excluding tert-OH is 1. The number of rotatable bonds is 1. The summed E-state index contributed by atoms with van der Waals surface area (Å²) in [4.78, 5) is 2.53. The Kier molecular flexibility index (Phi) is 4.79. The van der Waals surface area contributed by atoms with E-state index in [9.17, 15) is 5.11 Å². The second-order valence-electron chi connectivity index (χ2n) is 4.77. The van der Waals surface area contributed by atoms with Gasteiger partial charge in [-0.15, -0.1) is 0 Å². The lowest BCUT2D eigenvalue weighted by Gasteiger charge is -2.38. The molecular formula is C12H23NOS. The fourth-order valence-electron chi connectivity index (χ4n) is 2.78. The summed E-state index contributed by atoms with van der Waals surface area (Å²) >= 11 is 2.05.